The van der Waals surface area contributed by atoms with Gasteiger partial charge in [-0.15, -0.1) is 6.58 Å². The standard InChI is InChI=1S/C12H16ClN3O/c1-4-5-16(8(2)3)12(17)9-6-11(13)15-7-10(9)14/h4,6-8H,1,5,14H2,2-3H3. The maximum absolute atomic E-state index is 12.3. The highest BCUT2D eigenvalue weighted by atomic mass is 35.5. The van der Waals surface area contributed by atoms with Crippen LogP contribution in [0.5, 0.6) is 0 Å². The molecule has 5 heteroatoms. The number of hydrogen-bond acceptors (Lipinski definition) is 3. The van der Waals surface area contributed by atoms with Crippen LogP contribution in [0.2, 0.25) is 5.15 Å². The minimum atomic E-state index is -0.165. The number of anilines is 1. The zero-order chi connectivity index (χ0) is 13.0. The van der Waals surface area contributed by atoms with Gasteiger partial charge in [-0.1, -0.05) is 17.7 Å². The summed E-state index contributed by atoms with van der Waals surface area (Å²) in [5.41, 5.74) is 6.43. The topological polar surface area (TPSA) is 59.2 Å². The largest absolute Gasteiger partial charge is 0.397 e. The molecule has 0 saturated heterocycles. The van der Waals surface area contributed by atoms with E-state index in [-0.39, 0.29) is 17.1 Å². The van der Waals surface area contributed by atoms with Gasteiger partial charge in [-0.05, 0) is 19.9 Å². The van der Waals surface area contributed by atoms with Crippen LogP contribution in [0.25, 0.3) is 0 Å². The fraction of sp³-hybridized carbons (Fsp3) is 0.333. The van der Waals surface area contributed by atoms with Crippen LogP contribution in [0, 0.1) is 0 Å². The second-order valence-corrected chi connectivity index (χ2v) is 4.32. The van der Waals surface area contributed by atoms with Crippen LogP contribution < -0.4 is 5.73 Å². The molecule has 0 atom stereocenters. The first-order valence-electron chi connectivity index (χ1n) is 5.30. The lowest BCUT2D eigenvalue weighted by molar-refractivity contribution is 0.0729. The van der Waals surface area contributed by atoms with Crippen molar-refractivity contribution in [2.24, 2.45) is 0 Å². The number of aromatic nitrogens is 1. The zero-order valence-corrected chi connectivity index (χ0v) is 10.7. The predicted molar refractivity (Wildman–Crippen MR) is 70.0 cm³/mol. The van der Waals surface area contributed by atoms with Gasteiger partial charge in [0.1, 0.15) is 5.15 Å². The Balaban J connectivity index is 3.08. The fourth-order valence-corrected chi connectivity index (χ4v) is 1.61. The number of rotatable bonds is 4. The molecule has 17 heavy (non-hydrogen) atoms. The SMILES string of the molecule is C=CCN(C(=O)c1cc(Cl)ncc1N)C(C)C. The molecule has 1 heterocycles. The summed E-state index contributed by atoms with van der Waals surface area (Å²) in [6.07, 6.45) is 3.07. The van der Waals surface area contributed by atoms with E-state index in [2.05, 4.69) is 11.6 Å². The summed E-state index contributed by atoms with van der Waals surface area (Å²) in [6.45, 7) is 7.97. The lowest BCUT2D eigenvalue weighted by atomic mass is 10.1. The molecule has 1 aromatic rings. The van der Waals surface area contributed by atoms with E-state index in [0.717, 1.165) is 0 Å². The molecule has 2 N–H and O–H groups in total. The Bertz CT molecular complexity index is 432. The molecule has 0 bridgehead atoms. The third-order valence-electron chi connectivity index (χ3n) is 2.34. The lowest BCUT2D eigenvalue weighted by Gasteiger charge is -2.25. The van der Waals surface area contributed by atoms with Gasteiger partial charge in [0, 0.05) is 12.6 Å². The molecule has 0 radical (unpaired) electrons. The van der Waals surface area contributed by atoms with Crippen LogP contribution in [-0.2, 0) is 0 Å². The number of carbonyl (C=O) groups is 1. The van der Waals surface area contributed by atoms with Gasteiger partial charge in [0.15, 0.2) is 0 Å². The maximum atomic E-state index is 12.3. The van der Waals surface area contributed by atoms with E-state index in [1.807, 2.05) is 13.8 Å². The molecule has 92 valence electrons. The van der Waals surface area contributed by atoms with Gasteiger partial charge in [-0.3, -0.25) is 4.79 Å². The number of nitrogens with zero attached hydrogens (tertiary/aromatic N) is 2. The number of hydrogen-bond donors (Lipinski definition) is 1. The molecule has 0 unspecified atom stereocenters. The number of carbonyl (C=O) groups excluding carboxylic acids is 1. The fourth-order valence-electron chi connectivity index (χ4n) is 1.45. The molecule has 0 aliphatic heterocycles. The average Bonchev–Trinajstić information content (AvgIpc) is 2.28. The molecule has 0 aliphatic rings. The Morgan fingerprint density at radius 3 is 2.88 bits per heavy atom. The van der Waals surface area contributed by atoms with Crippen molar-refractivity contribution in [3.8, 4) is 0 Å². The predicted octanol–water partition coefficient (Wildman–Crippen LogP) is 2.35. The van der Waals surface area contributed by atoms with Crippen molar-refractivity contribution in [1.82, 2.24) is 9.88 Å². The van der Waals surface area contributed by atoms with Gasteiger partial charge in [0.2, 0.25) is 0 Å². The van der Waals surface area contributed by atoms with E-state index in [1.165, 1.54) is 12.3 Å². The first-order valence-corrected chi connectivity index (χ1v) is 5.68. The number of nitrogens with two attached hydrogens (primary N) is 1. The molecule has 0 aromatic carbocycles. The Morgan fingerprint density at radius 1 is 1.71 bits per heavy atom. The van der Waals surface area contributed by atoms with Crippen LogP contribution in [-0.4, -0.2) is 28.4 Å². The Labute approximate surface area is 106 Å². The summed E-state index contributed by atoms with van der Waals surface area (Å²) in [4.78, 5) is 17.7. The monoisotopic (exact) mass is 253 g/mol. The molecule has 4 nitrogen and oxygen atoms in total. The minimum Gasteiger partial charge on any atom is -0.397 e. The second kappa shape index (κ2) is 5.68. The average molecular weight is 254 g/mol. The number of nitrogen functional groups attached to an aromatic ring is 1. The highest BCUT2D eigenvalue weighted by Gasteiger charge is 2.20. The van der Waals surface area contributed by atoms with Crippen LogP contribution in [0.3, 0.4) is 0 Å². The molecule has 0 spiro atoms. The summed E-state index contributed by atoms with van der Waals surface area (Å²) in [6, 6.07) is 1.55. The van der Waals surface area contributed by atoms with E-state index in [9.17, 15) is 4.79 Å². The quantitative estimate of drug-likeness (QED) is 0.662. The van der Waals surface area contributed by atoms with Crippen molar-refractivity contribution < 1.29 is 4.79 Å². The molecule has 1 aromatic heterocycles. The highest BCUT2D eigenvalue weighted by molar-refractivity contribution is 6.29. The molecule has 1 amide bonds. The summed E-state index contributed by atoms with van der Waals surface area (Å²) < 4.78 is 0. The van der Waals surface area contributed by atoms with Crippen molar-refractivity contribution in [2.75, 3.05) is 12.3 Å². The van der Waals surface area contributed by atoms with Crippen LogP contribution in [0.1, 0.15) is 24.2 Å². The molecule has 0 aliphatic carbocycles. The number of halogens is 1. The van der Waals surface area contributed by atoms with Gasteiger partial charge in [0.05, 0.1) is 17.4 Å². The summed E-state index contributed by atoms with van der Waals surface area (Å²) in [7, 11) is 0. The van der Waals surface area contributed by atoms with Gasteiger partial charge >= 0.3 is 0 Å². The highest BCUT2D eigenvalue weighted by Crippen LogP contribution is 2.18. The Kier molecular flexibility index (Phi) is 4.52. The Hall–Kier alpha value is -1.55. The van der Waals surface area contributed by atoms with Crippen LogP contribution in [0.15, 0.2) is 24.9 Å². The summed E-state index contributed by atoms with van der Waals surface area (Å²) in [5.74, 6) is -0.165. The normalized spacial score (nSPS) is 10.4. The minimum absolute atomic E-state index is 0.0619. The van der Waals surface area contributed by atoms with E-state index in [1.54, 1.807) is 11.0 Å². The molecule has 1 rings (SSSR count). The van der Waals surface area contributed by atoms with Crippen molar-refractivity contribution in [2.45, 2.75) is 19.9 Å². The van der Waals surface area contributed by atoms with Gasteiger partial charge < -0.3 is 10.6 Å². The third-order valence-corrected chi connectivity index (χ3v) is 2.55. The smallest absolute Gasteiger partial charge is 0.256 e. The zero-order valence-electron chi connectivity index (χ0n) is 9.98. The first-order chi connectivity index (χ1) is 7.97. The van der Waals surface area contributed by atoms with Gasteiger partial charge in [0.25, 0.3) is 5.91 Å². The number of pyridine rings is 1. The lowest BCUT2D eigenvalue weighted by Crippen LogP contribution is -2.37. The van der Waals surface area contributed by atoms with E-state index in [4.69, 9.17) is 17.3 Å². The summed E-state index contributed by atoms with van der Waals surface area (Å²) in [5, 5.41) is 0.254. The first kappa shape index (κ1) is 13.5. The van der Waals surface area contributed by atoms with Crippen molar-refractivity contribution in [3.05, 3.63) is 35.6 Å². The third kappa shape index (κ3) is 3.20. The van der Waals surface area contributed by atoms with Crippen LogP contribution >= 0.6 is 11.6 Å². The molecule has 0 saturated carbocycles. The van der Waals surface area contributed by atoms with Gasteiger partial charge in [-0.25, -0.2) is 4.98 Å². The maximum Gasteiger partial charge on any atom is 0.256 e. The molecular formula is C12H16ClN3O. The number of amides is 1. The summed E-state index contributed by atoms with van der Waals surface area (Å²) >= 11 is 5.76. The molecule has 0 fully saturated rings. The Morgan fingerprint density at radius 2 is 2.35 bits per heavy atom. The van der Waals surface area contributed by atoms with Crippen molar-refractivity contribution in [1.29, 1.82) is 0 Å². The second-order valence-electron chi connectivity index (χ2n) is 3.93. The van der Waals surface area contributed by atoms with Crippen molar-refractivity contribution >= 4 is 23.2 Å². The van der Waals surface area contributed by atoms with E-state index in [0.29, 0.717) is 17.8 Å². The van der Waals surface area contributed by atoms with Crippen LogP contribution in [0.4, 0.5) is 5.69 Å². The molecular weight excluding hydrogens is 238 g/mol. The van der Waals surface area contributed by atoms with Gasteiger partial charge in [-0.2, -0.15) is 0 Å². The van der Waals surface area contributed by atoms with E-state index >= 15 is 0 Å². The van der Waals surface area contributed by atoms with Crippen molar-refractivity contribution in [3.63, 3.8) is 0 Å². The van der Waals surface area contributed by atoms with E-state index < -0.39 is 0 Å².